The maximum Gasteiger partial charge on any atom is 0.255 e. The second-order valence-electron chi connectivity index (χ2n) is 6.21. The van der Waals surface area contributed by atoms with Gasteiger partial charge in [0.25, 0.3) is 5.56 Å². The van der Waals surface area contributed by atoms with E-state index in [1.54, 1.807) is 12.1 Å². The van der Waals surface area contributed by atoms with Crippen LogP contribution in [-0.4, -0.2) is 16.5 Å². The number of aryl methyl sites for hydroxylation is 1. The Kier molecular flexibility index (Phi) is 3.11. The van der Waals surface area contributed by atoms with E-state index >= 15 is 0 Å². The van der Waals surface area contributed by atoms with E-state index in [0.717, 1.165) is 49.0 Å². The van der Waals surface area contributed by atoms with E-state index in [-0.39, 0.29) is 16.8 Å². The Bertz CT molecular complexity index is 780. The van der Waals surface area contributed by atoms with E-state index in [0.29, 0.717) is 12.4 Å². The van der Waals surface area contributed by atoms with Crippen molar-refractivity contribution in [1.82, 2.24) is 15.3 Å². The van der Waals surface area contributed by atoms with Crippen LogP contribution in [0.25, 0.3) is 0 Å². The van der Waals surface area contributed by atoms with Crippen molar-refractivity contribution in [3.63, 3.8) is 0 Å². The second kappa shape index (κ2) is 5.02. The molecule has 0 unspecified atom stereocenters. The van der Waals surface area contributed by atoms with Gasteiger partial charge in [-0.2, -0.15) is 0 Å². The fraction of sp³-hybridized carbons (Fsp3) is 0.412. The third-order valence-corrected chi connectivity index (χ3v) is 4.75. The topological polar surface area (TPSA) is 57.8 Å². The van der Waals surface area contributed by atoms with Gasteiger partial charge in [0.2, 0.25) is 0 Å². The molecule has 2 aromatic rings. The number of benzene rings is 1. The lowest BCUT2D eigenvalue weighted by Crippen LogP contribution is -2.26. The van der Waals surface area contributed by atoms with Gasteiger partial charge >= 0.3 is 0 Å². The Morgan fingerprint density at radius 1 is 1.27 bits per heavy atom. The predicted octanol–water partition coefficient (Wildman–Crippen LogP) is 2.02. The van der Waals surface area contributed by atoms with Gasteiger partial charge in [-0.1, -0.05) is 12.1 Å². The molecule has 22 heavy (non-hydrogen) atoms. The normalized spacial score (nSPS) is 19.3. The van der Waals surface area contributed by atoms with Crippen LogP contribution < -0.4 is 10.9 Å². The summed E-state index contributed by atoms with van der Waals surface area (Å²) in [6, 6.07) is 6.64. The fourth-order valence-electron chi connectivity index (χ4n) is 3.33. The van der Waals surface area contributed by atoms with Crippen molar-refractivity contribution in [3.8, 4) is 0 Å². The maximum atomic E-state index is 13.5. The third kappa shape index (κ3) is 2.16. The molecule has 0 atom stereocenters. The number of aromatic amines is 1. The number of halogens is 1. The summed E-state index contributed by atoms with van der Waals surface area (Å²) in [5.74, 6) is 0.453. The standard InChI is InChI=1S/C17H18FN3O/c18-12-4-1-3-11(9-12)17(6-7-17)16-20-14-5-2-8-19-10-13(14)15(22)21-16/h1,3-4,9,19H,2,5-8,10H2,(H,20,21,22). The van der Waals surface area contributed by atoms with Gasteiger partial charge in [-0.15, -0.1) is 0 Å². The van der Waals surface area contributed by atoms with Crippen LogP contribution in [0.1, 0.15) is 41.9 Å². The number of nitrogens with one attached hydrogen (secondary N) is 2. The molecule has 0 bridgehead atoms. The van der Waals surface area contributed by atoms with Crippen molar-refractivity contribution in [2.75, 3.05) is 6.54 Å². The number of hydrogen-bond donors (Lipinski definition) is 2. The molecule has 1 aromatic heterocycles. The van der Waals surface area contributed by atoms with E-state index in [4.69, 9.17) is 4.98 Å². The number of rotatable bonds is 2. The van der Waals surface area contributed by atoms with E-state index in [2.05, 4.69) is 10.3 Å². The minimum absolute atomic E-state index is 0.0583. The summed E-state index contributed by atoms with van der Waals surface area (Å²) in [5, 5.41) is 3.25. The van der Waals surface area contributed by atoms with Crippen LogP contribution in [-0.2, 0) is 18.4 Å². The molecule has 1 aromatic carbocycles. The SMILES string of the molecule is O=c1[nH]c(C2(c3cccc(F)c3)CC2)nc2c1CNCCC2. The van der Waals surface area contributed by atoms with Gasteiger partial charge < -0.3 is 10.3 Å². The van der Waals surface area contributed by atoms with Crippen molar-refractivity contribution in [1.29, 1.82) is 0 Å². The second-order valence-corrected chi connectivity index (χ2v) is 6.21. The summed E-state index contributed by atoms with van der Waals surface area (Å²) >= 11 is 0. The molecule has 0 amide bonds. The van der Waals surface area contributed by atoms with Gasteiger partial charge in [-0.25, -0.2) is 9.37 Å². The quantitative estimate of drug-likeness (QED) is 0.892. The fourth-order valence-corrected chi connectivity index (χ4v) is 3.33. The molecule has 5 heteroatoms. The first-order chi connectivity index (χ1) is 10.7. The highest BCUT2D eigenvalue weighted by atomic mass is 19.1. The first-order valence-corrected chi connectivity index (χ1v) is 7.78. The summed E-state index contributed by atoms with van der Waals surface area (Å²) in [4.78, 5) is 20.1. The van der Waals surface area contributed by atoms with Crippen LogP contribution >= 0.6 is 0 Å². The highest BCUT2D eigenvalue weighted by Crippen LogP contribution is 2.52. The largest absolute Gasteiger partial charge is 0.312 e. The van der Waals surface area contributed by atoms with E-state index in [9.17, 15) is 9.18 Å². The molecular weight excluding hydrogens is 281 g/mol. The molecule has 1 aliphatic carbocycles. The number of aromatic nitrogens is 2. The zero-order valence-corrected chi connectivity index (χ0v) is 12.3. The summed E-state index contributed by atoms with van der Waals surface area (Å²) in [7, 11) is 0. The smallest absolute Gasteiger partial charge is 0.255 e. The molecule has 4 nitrogen and oxygen atoms in total. The van der Waals surface area contributed by atoms with Crippen molar-refractivity contribution in [2.45, 2.75) is 37.6 Å². The molecule has 1 fully saturated rings. The highest BCUT2D eigenvalue weighted by molar-refractivity contribution is 5.40. The lowest BCUT2D eigenvalue weighted by atomic mass is 9.94. The van der Waals surface area contributed by atoms with Crippen LogP contribution in [0, 0.1) is 5.82 Å². The summed E-state index contributed by atoms with van der Waals surface area (Å²) in [6.07, 6.45) is 3.60. The van der Waals surface area contributed by atoms with Crippen molar-refractivity contribution in [2.24, 2.45) is 0 Å². The molecule has 114 valence electrons. The average Bonchev–Trinajstić information content (AvgIpc) is 3.32. The van der Waals surface area contributed by atoms with Crippen molar-refractivity contribution < 1.29 is 4.39 Å². The summed E-state index contributed by atoms with van der Waals surface area (Å²) < 4.78 is 13.5. The first-order valence-electron chi connectivity index (χ1n) is 7.78. The van der Waals surface area contributed by atoms with Crippen LogP contribution in [0.2, 0.25) is 0 Å². The molecule has 4 rings (SSSR count). The Labute approximate surface area is 127 Å². The highest BCUT2D eigenvalue weighted by Gasteiger charge is 2.48. The van der Waals surface area contributed by atoms with E-state index in [1.165, 1.54) is 6.07 Å². The molecule has 2 heterocycles. The monoisotopic (exact) mass is 299 g/mol. The van der Waals surface area contributed by atoms with Crippen molar-refractivity contribution in [3.05, 3.63) is 63.1 Å². The van der Waals surface area contributed by atoms with Gasteiger partial charge in [0.05, 0.1) is 16.7 Å². The lowest BCUT2D eigenvalue weighted by Gasteiger charge is -2.17. The maximum absolute atomic E-state index is 13.5. The number of hydrogen-bond acceptors (Lipinski definition) is 3. The van der Waals surface area contributed by atoms with Crippen molar-refractivity contribution >= 4 is 0 Å². The van der Waals surface area contributed by atoms with Crippen LogP contribution in [0.3, 0.4) is 0 Å². The predicted molar refractivity (Wildman–Crippen MR) is 81.3 cm³/mol. The first kappa shape index (κ1) is 13.6. The van der Waals surface area contributed by atoms with E-state index in [1.807, 2.05) is 6.07 Å². The van der Waals surface area contributed by atoms with Crippen LogP contribution in [0.5, 0.6) is 0 Å². The Morgan fingerprint density at radius 3 is 2.91 bits per heavy atom. The third-order valence-electron chi connectivity index (χ3n) is 4.75. The number of H-pyrrole nitrogens is 1. The molecule has 1 saturated carbocycles. The zero-order chi connectivity index (χ0) is 15.2. The Morgan fingerprint density at radius 2 is 2.14 bits per heavy atom. The Hall–Kier alpha value is -2.01. The molecule has 2 aliphatic rings. The minimum atomic E-state index is -0.310. The molecule has 1 aliphatic heterocycles. The number of fused-ring (bicyclic) bond motifs is 1. The molecular formula is C17H18FN3O. The lowest BCUT2D eigenvalue weighted by molar-refractivity contribution is 0.619. The van der Waals surface area contributed by atoms with Crippen LogP contribution in [0.15, 0.2) is 29.1 Å². The zero-order valence-electron chi connectivity index (χ0n) is 12.3. The Balaban J connectivity index is 1.82. The molecule has 0 radical (unpaired) electrons. The van der Waals surface area contributed by atoms with Crippen LogP contribution in [0.4, 0.5) is 4.39 Å². The van der Waals surface area contributed by atoms with Gasteiger partial charge in [-0.05, 0) is 49.9 Å². The molecule has 0 saturated heterocycles. The van der Waals surface area contributed by atoms with Gasteiger partial charge in [0.15, 0.2) is 0 Å². The molecule has 2 N–H and O–H groups in total. The average molecular weight is 299 g/mol. The van der Waals surface area contributed by atoms with E-state index < -0.39 is 0 Å². The van der Waals surface area contributed by atoms with Gasteiger partial charge in [-0.3, -0.25) is 4.79 Å². The summed E-state index contributed by atoms with van der Waals surface area (Å²) in [6.45, 7) is 1.48. The minimum Gasteiger partial charge on any atom is -0.312 e. The summed E-state index contributed by atoms with van der Waals surface area (Å²) in [5.41, 5.74) is 2.18. The van der Waals surface area contributed by atoms with Gasteiger partial charge in [0, 0.05) is 6.54 Å². The van der Waals surface area contributed by atoms with Gasteiger partial charge in [0.1, 0.15) is 11.6 Å². The molecule has 0 spiro atoms. The number of nitrogens with zero attached hydrogens (tertiary/aromatic N) is 1.